The maximum absolute atomic E-state index is 5.93. The number of nitrogens with two attached hydrogens (primary N) is 1. The third-order valence-corrected chi connectivity index (χ3v) is 3.77. The quantitative estimate of drug-likeness (QED) is 0.471. The fraction of sp³-hybridized carbons (Fsp3) is 0.909. The van der Waals surface area contributed by atoms with Gasteiger partial charge in [-0.05, 0) is 31.6 Å². The first-order chi connectivity index (χ1) is 6.83. The zero-order valence-electron chi connectivity index (χ0n) is 9.08. The highest BCUT2D eigenvalue weighted by atomic mass is 15.3. The molecule has 0 radical (unpaired) electrons. The van der Waals surface area contributed by atoms with Crippen LogP contribution in [0.25, 0.3) is 0 Å². The Balaban J connectivity index is 2.08. The molecule has 1 heterocycles. The topological polar surface area (TPSA) is 41.6 Å². The number of hydrogen-bond acceptors (Lipinski definition) is 1. The molecule has 0 spiro atoms. The molecule has 0 aromatic heterocycles. The van der Waals surface area contributed by atoms with Gasteiger partial charge < -0.3 is 10.6 Å². The van der Waals surface area contributed by atoms with Crippen molar-refractivity contribution in [2.45, 2.75) is 44.6 Å². The first-order valence-electron chi connectivity index (χ1n) is 5.82. The van der Waals surface area contributed by atoms with E-state index in [2.05, 4.69) is 9.89 Å². The molecule has 1 aliphatic carbocycles. The van der Waals surface area contributed by atoms with Crippen molar-refractivity contribution < 1.29 is 0 Å². The van der Waals surface area contributed by atoms with Crippen molar-refractivity contribution in [2.24, 2.45) is 16.6 Å². The van der Waals surface area contributed by atoms with Crippen LogP contribution in [-0.4, -0.2) is 30.5 Å². The molecule has 0 unspecified atom stereocenters. The minimum atomic E-state index is 0.696. The van der Waals surface area contributed by atoms with Crippen LogP contribution in [0.1, 0.15) is 38.5 Å². The largest absolute Gasteiger partial charge is 0.370 e. The summed E-state index contributed by atoms with van der Waals surface area (Å²) in [5, 5.41) is 0. The Morgan fingerprint density at radius 2 is 1.93 bits per heavy atom. The van der Waals surface area contributed by atoms with E-state index >= 15 is 0 Å². The predicted octanol–water partition coefficient (Wildman–Crippen LogP) is 1.59. The fourth-order valence-corrected chi connectivity index (χ4v) is 3.04. The van der Waals surface area contributed by atoms with Gasteiger partial charge in [0.25, 0.3) is 0 Å². The van der Waals surface area contributed by atoms with E-state index in [-0.39, 0.29) is 0 Å². The summed E-state index contributed by atoms with van der Waals surface area (Å²) in [6, 6.07) is 0.696. The van der Waals surface area contributed by atoms with E-state index in [4.69, 9.17) is 5.73 Å². The second-order valence-corrected chi connectivity index (χ2v) is 4.53. The summed E-state index contributed by atoms with van der Waals surface area (Å²) in [6.07, 6.45) is 8.20. The highest BCUT2D eigenvalue weighted by Gasteiger charge is 2.33. The maximum atomic E-state index is 5.93. The van der Waals surface area contributed by atoms with Crippen molar-refractivity contribution in [3.63, 3.8) is 0 Å². The Morgan fingerprint density at radius 3 is 2.71 bits per heavy atom. The lowest BCUT2D eigenvalue weighted by molar-refractivity contribution is 0.118. The average molecular weight is 195 g/mol. The molecule has 1 saturated carbocycles. The number of likely N-dealkylation sites (tertiary alicyclic amines) is 1. The summed E-state index contributed by atoms with van der Waals surface area (Å²) in [4.78, 5) is 6.46. The first kappa shape index (κ1) is 9.81. The molecule has 2 fully saturated rings. The van der Waals surface area contributed by atoms with Crippen LogP contribution in [0.2, 0.25) is 0 Å². The molecular formula is C11H21N3. The summed E-state index contributed by atoms with van der Waals surface area (Å²) in [7, 11) is 1.79. The van der Waals surface area contributed by atoms with Gasteiger partial charge in [0.15, 0.2) is 5.96 Å². The van der Waals surface area contributed by atoms with Gasteiger partial charge in [-0.25, -0.2) is 0 Å². The lowest BCUT2D eigenvalue weighted by atomic mass is 9.78. The number of fused-ring (bicyclic) bond motifs is 1. The van der Waals surface area contributed by atoms with Gasteiger partial charge in [0.2, 0.25) is 0 Å². The molecular weight excluding hydrogens is 174 g/mol. The van der Waals surface area contributed by atoms with Crippen molar-refractivity contribution in [2.75, 3.05) is 13.6 Å². The van der Waals surface area contributed by atoms with Crippen LogP contribution in [0.3, 0.4) is 0 Å². The molecule has 2 aliphatic rings. The van der Waals surface area contributed by atoms with Crippen LogP contribution in [-0.2, 0) is 0 Å². The van der Waals surface area contributed by atoms with Crippen molar-refractivity contribution in [1.29, 1.82) is 0 Å². The minimum Gasteiger partial charge on any atom is -0.370 e. The standard InChI is InChI=1S/C11H21N3/c1-13-11(12)14-8-4-6-9-5-2-3-7-10(9)14/h9-10H,2-8H2,1H3,(H2,12,13)/t9-,10-/m1/s1. The average Bonchev–Trinajstić information content (AvgIpc) is 2.27. The second-order valence-electron chi connectivity index (χ2n) is 4.53. The van der Waals surface area contributed by atoms with E-state index < -0.39 is 0 Å². The van der Waals surface area contributed by atoms with E-state index in [0.29, 0.717) is 6.04 Å². The van der Waals surface area contributed by atoms with Crippen LogP contribution in [0, 0.1) is 5.92 Å². The van der Waals surface area contributed by atoms with Gasteiger partial charge in [-0.2, -0.15) is 0 Å². The van der Waals surface area contributed by atoms with E-state index in [1.54, 1.807) is 7.05 Å². The molecule has 14 heavy (non-hydrogen) atoms. The van der Waals surface area contributed by atoms with E-state index in [0.717, 1.165) is 18.4 Å². The summed E-state index contributed by atoms with van der Waals surface area (Å²) >= 11 is 0. The van der Waals surface area contributed by atoms with Crippen molar-refractivity contribution >= 4 is 5.96 Å². The third kappa shape index (κ3) is 1.72. The Bertz CT molecular complexity index is 223. The van der Waals surface area contributed by atoms with Crippen LogP contribution in [0.15, 0.2) is 4.99 Å². The smallest absolute Gasteiger partial charge is 0.191 e. The van der Waals surface area contributed by atoms with Gasteiger partial charge in [-0.1, -0.05) is 12.8 Å². The van der Waals surface area contributed by atoms with Crippen molar-refractivity contribution in [1.82, 2.24) is 4.90 Å². The molecule has 2 N–H and O–H groups in total. The van der Waals surface area contributed by atoms with Crippen LogP contribution < -0.4 is 5.73 Å². The Labute approximate surface area is 86.4 Å². The monoisotopic (exact) mass is 195 g/mol. The second kappa shape index (κ2) is 4.20. The Morgan fingerprint density at radius 1 is 1.21 bits per heavy atom. The van der Waals surface area contributed by atoms with Crippen LogP contribution in [0.4, 0.5) is 0 Å². The Kier molecular flexibility index (Phi) is 2.94. The lowest BCUT2D eigenvalue weighted by Crippen LogP contribution is -2.52. The number of nitrogens with zero attached hydrogens (tertiary/aromatic N) is 2. The highest BCUT2D eigenvalue weighted by Crippen LogP contribution is 2.34. The number of guanidine groups is 1. The molecule has 80 valence electrons. The Hall–Kier alpha value is -0.730. The molecule has 3 heteroatoms. The first-order valence-corrected chi connectivity index (χ1v) is 5.82. The predicted molar refractivity (Wildman–Crippen MR) is 59.2 cm³/mol. The minimum absolute atomic E-state index is 0.696. The fourth-order valence-electron chi connectivity index (χ4n) is 3.04. The van der Waals surface area contributed by atoms with Gasteiger partial charge >= 0.3 is 0 Å². The molecule has 2 rings (SSSR count). The maximum Gasteiger partial charge on any atom is 0.191 e. The van der Waals surface area contributed by atoms with Gasteiger partial charge in [0, 0.05) is 19.6 Å². The van der Waals surface area contributed by atoms with Gasteiger partial charge in [-0.3, -0.25) is 4.99 Å². The zero-order chi connectivity index (χ0) is 9.97. The molecule has 0 aromatic rings. The molecule has 0 aromatic carbocycles. The summed E-state index contributed by atoms with van der Waals surface area (Å²) in [5.74, 6) is 1.64. The molecule has 1 aliphatic heterocycles. The summed E-state index contributed by atoms with van der Waals surface area (Å²) in [5.41, 5.74) is 5.93. The molecule has 0 amide bonds. The van der Waals surface area contributed by atoms with Gasteiger partial charge in [0.1, 0.15) is 0 Å². The number of aliphatic imine (C=N–C) groups is 1. The third-order valence-electron chi connectivity index (χ3n) is 3.77. The van der Waals surface area contributed by atoms with Crippen molar-refractivity contribution in [3.05, 3.63) is 0 Å². The highest BCUT2D eigenvalue weighted by molar-refractivity contribution is 5.78. The number of piperidine rings is 1. The summed E-state index contributed by atoms with van der Waals surface area (Å²) in [6.45, 7) is 1.12. The van der Waals surface area contributed by atoms with Crippen LogP contribution >= 0.6 is 0 Å². The van der Waals surface area contributed by atoms with Gasteiger partial charge in [0.05, 0.1) is 0 Å². The molecule has 2 atom stereocenters. The molecule has 0 bridgehead atoms. The molecule has 1 saturated heterocycles. The number of rotatable bonds is 0. The summed E-state index contributed by atoms with van der Waals surface area (Å²) < 4.78 is 0. The van der Waals surface area contributed by atoms with Crippen molar-refractivity contribution in [3.8, 4) is 0 Å². The normalized spacial score (nSPS) is 34.1. The van der Waals surface area contributed by atoms with Gasteiger partial charge in [-0.15, -0.1) is 0 Å². The zero-order valence-corrected chi connectivity index (χ0v) is 9.08. The van der Waals surface area contributed by atoms with E-state index in [9.17, 15) is 0 Å². The SMILES string of the molecule is CN=C(N)N1CCC[C@H]2CCCC[C@H]21. The molecule has 3 nitrogen and oxygen atoms in total. The van der Waals surface area contributed by atoms with E-state index in [1.165, 1.54) is 38.5 Å². The number of hydrogen-bond donors (Lipinski definition) is 1. The van der Waals surface area contributed by atoms with Crippen LogP contribution in [0.5, 0.6) is 0 Å². The van der Waals surface area contributed by atoms with E-state index in [1.807, 2.05) is 0 Å². The lowest BCUT2D eigenvalue weighted by Gasteiger charge is -2.44.